The molecule has 0 atom stereocenters. The van der Waals surface area contributed by atoms with Crippen molar-refractivity contribution < 1.29 is 14.4 Å². The number of nitrogens with one attached hydrogen (secondary N) is 2. The number of hydrogen-bond acceptors (Lipinski definition) is 5. The Labute approximate surface area is 183 Å². The molecule has 0 saturated heterocycles. The van der Waals surface area contributed by atoms with Gasteiger partial charge in [0.15, 0.2) is 0 Å². The summed E-state index contributed by atoms with van der Waals surface area (Å²) in [5.41, 5.74) is 1.43. The van der Waals surface area contributed by atoms with Gasteiger partial charge in [0.2, 0.25) is 5.91 Å². The average Bonchev–Trinajstić information content (AvgIpc) is 3.29. The first-order chi connectivity index (χ1) is 14.5. The molecule has 0 aliphatic rings. The Hall–Kier alpha value is -3.10. The predicted octanol–water partition coefficient (Wildman–Crippen LogP) is 4.43. The summed E-state index contributed by atoms with van der Waals surface area (Å²) < 4.78 is 0. The Balaban J connectivity index is 1.68. The second kappa shape index (κ2) is 10.1. The van der Waals surface area contributed by atoms with Gasteiger partial charge >= 0.3 is 0 Å². The number of para-hydroxylation sites is 2. The van der Waals surface area contributed by atoms with E-state index in [9.17, 15) is 14.4 Å². The molecule has 154 valence electrons. The van der Waals surface area contributed by atoms with Crippen LogP contribution in [0.5, 0.6) is 0 Å². The second-order valence-electron chi connectivity index (χ2n) is 6.39. The van der Waals surface area contributed by atoms with Crippen LogP contribution in [0, 0.1) is 0 Å². The molecule has 0 aliphatic carbocycles. The van der Waals surface area contributed by atoms with Gasteiger partial charge in [-0.15, -0.1) is 23.1 Å². The van der Waals surface area contributed by atoms with Crippen LogP contribution in [0.4, 0.5) is 11.4 Å². The van der Waals surface area contributed by atoms with E-state index in [2.05, 4.69) is 10.6 Å². The predicted molar refractivity (Wildman–Crippen MR) is 123 cm³/mol. The minimum atomic E-state index is -0.356. The summed E-state index contributed by atoms with van der Waals surface area (Å²) in [4.78, 5) is 40.6. The van der Waals surface area contributed by atoms with Crippen LogP contribution in [-0.2, 0) is 4.79 Å². The van der Waals surface area contributed by atoms with E-state index in [0.717, 1.165) is 4.90 Å². The molecule has 2 N–H and O–H groups in total. The minimum absolute atomic E-state index is 0.116. The van der Waals surface area contributed by atoms with Gasteiger partial charge in [0, 0.05) is 11.9 Å². The zero-order valence-electron chi connectivity index (χ0n) is 16.5. The molecule has 8 heteroatoms. The minimum Gasteiger partial charge on any atom is -0.332 e. The normalized spacial score (nSPS) is 10.3. The third-order valence-electron chi connectivity index (χ3n) is 4.26. The number of hydrogen-bond donors (Lipinski definition) is 2. The van der Waals surface area contributed by atoms with Crippen LogP contribution in [-0.4, -0.2) is 42.5 Å². The molecule has 6 nitrogen and oxygen atoms in total. The molecule has 3 aromatic rings. The van der Waals surface area contributed by atoms with Gasteiger partial charge in [-0.3, -0.25) is 14.4 Å². The molecule has 0 bridgehead atoms. The first-order valence-corrected chi connectivity index (χ1v) is 11.2. The molecule has 0 fully saturated rings. The number of amides is 3. The molecule has 0 radical (unpaired) electrons. The largest absolute Gasteiger partial charge is 0.332 e. The molecule has 3 rings (SSSR count). The Morgan fingerprint density at radius 3 is 2.33 bits per heavy atom. The molecular formula is C22H21N3O3S2. The molecular weight excluding hydrogens is 418 g/mol. The summed E-state index contributed by atoms with van der Waals surface area (Å²) in [6.07, 6.45) is 1.93. The van der Waals surface area contributed by atoms with Gasteiger partial charge in [-0.2, -0.15) is 0 Å². The molecule has 3 amide bonds. The number of carbonyl (C=O) groups is 3. The van der Waals surface area contributed by atoms with E-state index in [4.69, 9.17) is 0 Å². The Morgan fingerprint density at radius 2 is 1.63 bits per heavy atom. The molecule has 30 heavy (non-hydrogen) atoms. The van der Waals surface area contributed by atoms with Crippen molar-refractivity contribution in [3.63, 3.8) is 0 Å². The molecule has 0 unspecified atom stereocenters. The van der Waals surface area contributed by atoms with Crippen molar-refractivity contribution in [2.45, 2.75) is 4.90 Å². The second-order valence-corrected chi connectivity index (χ2v) is 8.18. The fourth-order valence-electron chi connectivity index (χ4n) is 2.80. The highest BCUT2D eigenvalue weighted by molar-refractivity contribution is 7.98. The maximum absolute atomic E-state index is 12.9. The number of thiophene rings is 1. The lowest BCUT2D eigenvalue weighted by Crippen LogP contribution is -2.35. The quantitative estimate of drug-likeness (QED) is 0.534. The van der Waals surface area contributed by atoms with Crippen LogP contribution < -0.4 is 10.6 Å². The van der Waals surface area contributed by atoms with Crippen LogP contribution >= 0.6 is 23.1 Å². The molecule has 0 spiro atoms. The van der Waals surface area contributed by atoms with Gasteiger partial charge in [-0.25, -0.2) is 0 Å². The van der Waals surface area contributed by atoms with Crippen LogP contribution in [0.25, 0.3) is 0 Å². The van der Waals surface area contributed by atoms with Gasteiger partial charge in [-0.05, 0) is 42.0 Å². The van der Waals surface area contributed by atoms with Gasteiger partial charge in [0.1, 0.15) is 0 Å². The maximum atomic E-state index is 12.9. The molecule has 2 aromatic carbocycles. The van der Waals surface area contributed by atoms with Gasteiger partial charge in [0.25, 0.3) is 11.8 Å². The van der Waals surface area contributed by atoms with Crippen molar-refractivity contribution in [2.75, 3.05) is 30.5 Å². The van der Waals surface area contributed by atoms with Crippen molar-refractivity contribution >= 4 is 52.2 Å². The van der Waals surface area contributed by atoms with Crippen molar-refractivity contribution in [2.24, 2.45) is 0 Å². The average molecular weight is 440 g/mol. The summed E-state index contributed by atoms with van der Waals surface area (Å²) in [6, 6.07) is 17.7. The Kier molecular flexibility index (Phi) is 7.26. The first-order valence-electron chi connectivity index (χ1n) is 9.12. The van der Waals surface area contributed by atoms with Crippen molar-refractivity contribution in [1.29, 1.82) is 0 Å². The lowest BCUT2D eigenvalue weighted by atomic mass is 10.1. The topological polar surface area (TPSA) is 78.5 Å². The number of thioether (sulfide) groups is 1. The molecule has 1 aromatic heterocycles. The summed E-state index contributed by atoms with van der Waals surface area (Å²) >= 11 is 2.85. The van der Waals surface area contributed by atoms with Crippen LogP contribution in [0.15, 0.2) is 70.9 Å². The highest BCUT2D eigenvalue weighted by atomic mass is 32.2. The van der Waals surface area contributed by atoms with Crippen molar-refractivity contribution in [1.82, 2.24) is 4.90 Å². The van der Waals surface area contributed by atoms with Crippen LogP contribution in [0.3, 0.4) is 0 Å². The zero-order chi connectivity index (χ0) is 21.5. The van der Waals surface area contributed by atoms with E-state index in [1.54, 1.807) is 43.4 Å². The Bertz CT molecular complexity index is 1050. The van der Waals surface area contributed by atoms with Crippen molar-refractivity contribution in [3.8, 4) is 0 Å². The summed E-state index contributed by atoms with van der Waals surface area (Å²) in [7, 11) is 1.56. The third kappa shape index (κ3) is 5.28. The van der Waals surface area contributed by atoms with E-state index in [1.165, 1.54) is 28.0 Å². The lowest BCUT2D eigenvalue weighted by Gasteiger charge is -2.19. The monoisotopic (exact) mass is 439 g/mol. The Morgan fingerprint density at radius 1 is 0.933 bits per heavy atom. The number of rotatable bonds is 7. The highest BCUT2D eigenvalue weighted by Crippen LogP contribution is 2.24. The summed E-state index contributed by atoms with van der Waals surface area (Å²) in [6.45, 7) is -0.116. The fourth-order valence-corrected chi connectivity index (χ4v) is 3.97. The molecule has 0 saturated carbocycles. The maximum Gasteiger partial charge on any atom is 0.265 e. The first kappa shape index (κ1) is 21.6. The fraction of sp³-hybridized carbons (Fsp3) is 0.136. The van der Waals surface area contributed by atoms with E-state index < -0.39 is 0 Å². The van der Waals surface area contributed by atoms with Crippen LogP contribution in [0.2, 0.25) is 0 Å². The van der Waals surface area contributed by atoms with E-state index >= 15 is 0 Å². The molecule has 1 heterocycles. The molecule has 0 aliphatic heterocycles. The van der Waals surface area contributed by atoms with Gasteiger partial charge in [0.05, 0.1) is 28.4 Å². The van der Waals surface area contributed by atoms with Crippen molar-refractivity contribution in [3.05, 3.63) is 76.5 Å². The standard InChI is InChI=1S/C22H21N3O3S2/c1-25(14-20(26)23-17-10-5-6-11-18(17)29-2)22(28)15-8-3-4-9-16(15)24-21(27)19-12-7-13-30-19/h3-13H,14H2,1-2H3,(H,23,26)(H,24,27). The van der Waals surface area contributed by atoms with Gasteiger partial charge < -0.3 is 15.5 Å². The number of anilines is 2. The number of likely N-dealkylation sites (N-methyl/N-ethyl adjacent to an activating group) is 1. The van der Waals surface area contributed by atoms with Gasteiger partial charge in [-0.1, -0.05) is 30.3 Å². The van der Waals surface area contributed by atoms with E-state index in [0.29, 0.717) is 21.8 Å². The highest BCUT2D eigenvalue weighted by Gasteiger charge is 2.20. The number of benzene rings is 2. The smallest absolute Gasteiger partial charge is 0.265 e. The summed E-state index contributed by atoms with van der Waals surface area (Å²) in [5, 5.41) is 7.43. The zero-order valence-corrected chi connectivity index (χ0v) is 18.2. The lowest BCUT2D eigenvalue weighted by molar-refractivity contribution is -0.116. The van der Waals surface area contributed by atoms with E-state index in [1.807, 2.05) is 35.9 Å². The SMILES string of the molecule is CSc1ccccc1NC(=O)CN(C)C(=O)c1ccccc1NC(=O)c1cccs1. The number of nitrogens with zero attached hydrogens (tertiary/aromatic N) is 1. The van der Waals surface area contributed by atoms with Crippen LogP contribution in [0.1, 0.15) is 20.0 Å². The third-order valence-corrected chi connectivity index (χ3v) is 5.92. The van der Waals surface area contributed by atoms with E-state index in [-0.39, 0.29) is 24.3 Å². The summed E-state index contributed by atoms with van der Waals surface area (Å²) in [5.74, 6) is -0.933. The number of carbonyl (C=O) groups excluding carboxylic acids is 3.